The largest absolute Gasteiger partial charge is 0.338 e. The van der Waals surface area contributed by atoms with Crippen molar-refractivity contribution in [2.24, 2.45) is 0 Å². The molecule has 130 valence electrons. The zero-order valence-corrected chi connectivity index (χ0v) is 14.6. The molecule has 6 heteroatoms. The summed E-state index contributed by atoms with van der Waals surface area (Å²) in [5.41, 5.74) is 0. The Kier molecular flexibility index (Phi) is 7.39. The van der Waals surface area contributed by atoms with Crippen molar-refractivity contribution in [3.8, 4) is 0 Å². The molecule has 1 N–H and O–H groups in total. The number of hydrogen-bond donors (Lipinski definition) is 1. The molecular weight excluding hydrogens is 290 g/mol. The van der Waals surface area contributed by atoms with E-state index < -0.39 is 0 Å². The first-order valence-electron chi connectivity index (χ1n) is 8.85. The maximum Gasteiger partial charge on any atom is 0.317 e. The molecule has 0 spiro atoms. The van der Waals surface area contributed by atoms with Crippen molar-refractivity contribution in [3.63, 3.8) is 0 Å². The zero-order chi connectivity index (χ0) is 16.5. The number of amides is 2. The van der Waals surface area contributed by atoms with Crippen LogP contribution in [0.1, 0.15) is 45.1 Å². The Morgan fingerprint density at radius 2 is 2.04 bits per heavy atom. The van der Waals surface area contributed by atoms with Gasteiger partial charge in [-0.1, -0.05) is 12.8 Å². The van der Waals surface area contributed by atoms with Gasteiger partial charge in [-0.25, -0.2) is 9.78 Å². The first kappa shape index (κ1) is 17.8. The van der Waals surface area contributed by atoms with E-state index in [1.807, 2.05) is 19.6 Å². The number of urea groups is 1. The number of carbonyl (C=O) groups excluding carboxylic acids is 1. The maximum absolute atomic E-state index is 12.1. The predicted molar refractivity (Wildman–Crippen MR) is 92.5 cm³/mol. The molecule has 0 radical (unpaired) electrons. The lowest BCUT2D eigenvalue weighted by atomic mass is 10.2. The quantitative estimate of drug-likeness (QED) is 0.839. The Hall–Kier alpha value is -1.56. The molecule has 0 bridgehead atoms. The Morgan fingerprint density at radius 1 is 1.30 bits per heavy atom. The van der Waals surface area contributed by atoms with Crippen LogP contribution in [0.3, 0.4) is 0 Å². The van der Waals surface area contributed by atoms with E-state index >= 15 is 0 Å². The van der Waals surface area contributed by atoms with Crippen molar-refractivity contribution in [2.45, 2.75) is 45.1 Å². The third kappa shape index (κ3) is 6.22. The van der Waals surface area contributed by atoms with Crippen molar-refractivity contribution in [1.29, 1.82) is 0 Å². The molecule has 1 aliphatic heterocycles. The molecule has 0 unspecified atom stereocenters. The maximum atomic E-state index is 12.1. The molecule has 1 aromatic rings. The van der Waals surface area contributed by atoms with Crippen LogP contribution in [0.4, 0.5) is 4.79 Å². The smallest absolute Gasteiger partial charge is 0.317 e. The first-order valence-corrected chi connectivity index (χ1v) is 8.85. The molecule has 1 aliphatic rings. The summed E-state index contributed by atoms with van der Waals surface area (Å²) in [6.07, 6.45) is 11.8. The molecule has 2 heterocycles. The number of carbonyl (C=O) groups is 1. The van der Waals surface area contributed by atoms with Crippen molar-refractivity contribution in [2.75, 3.05) is 39.8 Å². The second kappa shape index (κ2) is 9.55. The Morgan fingerprint density at radius 3 is 2.70 bits per heavy atom. The molecule has 0 aromatic carbocycles. The summed E-state index contributed by atoms with van der Waals surface area (Å²) in [5.74, 6) is 0. The van der Waals surface area contributed by atoms with Crippen molar-refractivity contribution in [1.82, 2.24) is 24.7 Å². The molecule has 0 saturated carbocycles. The van der Waals surface area contributed by atoms with Gasteiger partial charge in [-0.15, -0.1) is 0 Å². The third-order valence-electron chi connectivity index (χ3n) is 4.67. The van der Waals surface area contributed by atoms with Crippen molar-refractivity contribution in [3.05, 3.63) is 18.7 Å². The highest BCUT2D eigenvalue weighted by Gasteiger charge is 2.13. The Labute approximate surface area is 139 Å². The SMILES string of the molecule is C[C@@H](CCNC(=O)N(C)CCN1CCCCCC1)n1ccnc1. The lowest BCUT2D eigenvalue weighted by Gasteiger charge is -2.24. The van der Waals surface area contributed by atoms with E-state index in [2.05, 4.69) is 26.7 Å². The highest BCUT2D eigenvalue weighted by atomic mass is 16.2. The van der Waals surface area contributed by atoms with Gasteiger partial charge in [0, 0.05) is 45.1 Å². The van der Waals surface area contributed by atoms with Gasteiger partial charge in [0.1, 0.15) is 0 Å². The Bertz CT molecular complexity index is 440. The van der Waals surface area contributed by atoms with E-state index in [0.29, 0.717) is 12.6 Å². The van der Waals surface area contributed by atoms with Gasteiger partial charge in [0.15, 0.2) is 0 Å². The van der Waals surface area contributed by atoms with Gasteiger partial charge >= 0.3 is 6.03 Å². The second-order valence-electron chi connectivity index (χ2n) is 6.56. The highest BCUT2D eigenvalue weighted by Crippen LogP contribution is 2.09. The minimum Gasteiger partial charge on any atom is -0.338 e. The van der Waals surface area contributed by atoms with Crippen molar-refractivity contribution >= 4 is 6.03 Å². The molecular formula is C17H31N5O. The van der Waals surface area contributed by atoms with Crippen LogP contribution in [0, 0.1) is 0 Å². The summed E-state index contributed by atoms with van der Waals surface area (Å²) in [5, 5.41) is 3.01. The summed E-state index contributed by atoms with van der Waals surface area (Å²) in [6.45, 7) is 6.96. The Balaban J connectivity index is 1.60. The number of aromatic nitrogens is 2. The summed E-state index contributed by atoms with van der Waals surface area (Å²) in [6, 6.07) is 0.373. The third-order valence-corrected chi connectivity index (χ3v) is 4.67. The van der Waals surface area contributed by atoms with Gasteiger partial charge in [-0.3, -0.25) is 0 Å². The lowest BCUT2D eigenvalue weighted by molar-refractivity contribution is 0.195. The van der Waals surface area contributed by atoms with E-state index in [0.717, 1.165) is 19.5 Å². The van der Waals surface area contributed by atoms with E-state index in [-0.39, 0.29) is 6.03 Å². The molecule has 2 rings (SSSR count). The number of nitrogens with zero attached hydrogens (tertiary/aromatic N) is 4. The van der Waals surface area contributed by atoms with Crippen LogP contribution in [0.5, 0.6) is 0 Å². The van der Waals surface area contributed by atoms with Gasteiger partial charge in [0.05, 0.1) is 6.33 Å². The fourth-order valence-electron chi connectivity index (χ4n) is 2.95. The molecule has 6 nitrogen and oxygen atoms in total. The predicted octanol–water partition coefficient (Wildman–Crippen LogP) is 2.35. The fraction of sp³-hybridized carbons (Fsp3) is 0.765. The monoisotopic (exact) mass is 321 g/mol. The number of nitrogens with one attached hydrogen (secondary N) is 1. The minimum absolute atomic E-state index is 0.0256. The van der Waals surface area contributed by atoms with Crippen LogP contribution >= 0.6 is 0 Å². The van der Waals surface area contributed by atoms with E-state index in [9.17, 15) is 4.79 Å². The molecule has 1 fully saturated rings. The molecule has 1 saturated heterocycles. The van der Waals surface area contributed by atoms with Crippen LogP contribution in [0.2, 0.25) is 0 Å². The van der Waals surface area contributed by atoms with Gasteiger partial charge in [-0.2, -0.15) is 0 Å². The van der Waals surface area contributed by atoms with Gasteiger partial charge < -0.3 is 19.7 Å². The lowest BCUT2D eigenvalue weighted by Crippen LogP contribution is -2.42. The molecule has 23 heavy (non-hydrogen) atoms. The summed E-state index contributed by atoms with van der Waals surface area (Å²) in [7, 11) is 1.88. The van der Waals surface area contributed by atoms with Crippen LogP contribution < -0.4 is 5.32 Å². The van der Waals surface area contributed by atoms with E-state index in [1.165, 1.54) is 38.8 Å². The topological polar surface area (TPSA) is 53.4 Å². The second-order valence-corrected chi connectivity index (χ2v) is 6.56. The first-order chi connectivity index (χ1) is 11.2. The van der Waals surface area contributed by atoms with Crippen LogP contribution in [0.15, 0.2) is 18.7 Å². The number of imidazole rings is 1. The van der Waals surface area contributed by atoms with Gasteiger partial charge in [-0.05, 0) is 39.3 Å². The molecule has 1 aromatic heterocycles. The normalized spacial score (nSPS) is 17.5. The summed E-state index contributed by atoms with van der Waals surface area (Å²) >= 11 is 0. The van der Waals surface area contributed by atoms with Crippen LogP contribution in [0.25, 0.3) is 0 Å². The molecule has 2 amide bonds. The van der Waals surface area contributed by atoms with Crippen LogP contribution in [-0.2, 0) is 0 Å². The van der Waals surface area contributed by atoms with Crippen molar-refractivity contribution < 1.29 is 4.79 Å². The number of rotatable bonds is 7. The average molecular weight is 321 g/mol. The van der Waals surface area contributed by atoms with Gasteiger partial charge in [0.2, 0.25) is 0 Å². The molecule has 1 atom stereocenters. The van der Waals surface area contributed by atoms with Crippen LogP contribution in [-0.4, -0.2) is 65.2 Å². The average Bonchev–Trinajstić information content (AvgIpc) is 2.97. The number of hydrogen-bond acceptors (Lipinski definition) is 3. The van der Waals surface area contributed by atoms with Gasteiger partial charge in [0.25, 0.3) is 0 Å². The zero-order valence-electron chi connectivity index (χ0n) is 14.6. The number of likely N-dealkylation sites (tertiary alicyclic amines) is 1. The fourth-order valence-corrected chi connectivity index (χ4v) is 2.95. The standard InChI is InChI=1S/C17H31N5O/c1-16(22-12-9-18-15-22)7-8-19-17(23)20(2)13-14-21-10-5-3-4-6-11-21/h9,12,15-16H,3-8,10-11,13-14H2,1-2H3,(H,19,23)/t16-/m0/s1. The summed E-state index contributed by atoms with van der Waals surface area (Å²) in [4.78, 5) is 20.5. The highest BCUT2D eigenvalue weighted by molar-refractivity contribution is 5.73. The minimum atomic E-state index is 0.0256. The molecule has 0 aliphatic carbocycles. The van der Waals surface area contributed by atoms with E-state index in [1.54, 1.807) is 11.1 Å². The number of likely N-dealkylation sites (N-methyl/N-ethyl adjacent to an activating group) is 1. The summed E-state index contributed by atoms with van der Waals surface area (Å²) < 4.78 is 2.06. The van der Waals surface area contributed by atoms with E-state index in [4.69, 9.17) is 0 Å².